The zero-order chi connectivity index (χ0) is 44.2. The largest absolute Gasteiger partial charge is 0.303 e. The second-order valence-electron chi connectivity index (χ2n) is 19.3. The topological polar surface area (TPSA) is 40.0 Å². The van der Waals surface area contributed by atoms with E-state index in [1.807, 2.05) is 24.8 Å². The Kier molecular flexibility index (Phi) is 38.2. The van der Waals surface area contributed by atoms with Gasteiger partial charge in [-0.1, -0.05) is 168 Å². The fourth-order valence-corrected chi connectivity index (χ4v) is 9.08. The highest BCUT2D eigenvalue weighted by Crippen LogP contribution is 2.14. The summed E-state index contributed by atoms with van der Waals surface area (Å²) in [6.07, 6.45) is 66.9. The van der Waals surface area contributed by atoms with Gasteiger partial charge in [0.1, 0.15) is 0 Å². The summed E-state index contributed by atoms with van der Waals surface area (Å²) in [6.45, 7) is 18.9. The van der Waals surface area contributed by atoms with Crippen molar-refractivity contribution in [3.05, 3.63) is 73.9 Å². The van der Waals surface area contributed by atoms with Gasteiger partial charge >= 0.3 is 0 Å². The molecule has 354 valence electrons. The van der Waals surface area contributed by atoms with Crippen LogP contribution in [0.5, 0.6) is 0 Å². The molecular weight excluding hydrogens is 757 g/mol. The minimum absolute atomic E-state index is 0.617. The van der Waals surface area contributed by atoms with E-state index in [2.05, 4.69) is 106 Å². The average Bonchev–Trinajstić information content (AvgIpc) is 3.27. The molecule has 0 bridgehead atoms. The van der Waals surface area contributed by atoms with Gasteiger partial charge in [-0.15, -0.1) is 0 Å². The molecule has 62 heavy (non-hydrogen) atoms. The minimum Gasteiger partial charge on any atom is -0.303 e. The summed E-state index contributed by atoms with van der Waals surface area (Å²) < 4.78 is 4.61. The third kappa shape index (κ3) is 35.0. The molecule has 6 nitrogen and oxygen atoms in total. The molecule has 2 aromatic heterocycles. The van der Waals surface area contributed by atoms with Gasteiger partial charge in [-0.05, 0) is 103 Å². The maximum Gasteiger partial charge on any atom is 0.187 e. The van der Waals surface area contributed by atoms with Crippen molar-refractivity contribution in [1.29, 1.82) is 0 Å². The monoisotopic (exact) mass is 859 g/mol. The predicted molar refractivity (Wildman–Crippen MR) is 268 cm³/mol. The van der Waals surface area contributed by atoms with E-state index in [-0.39, 0.29) is 0 Å². The van der Waals surface area contributed by atoms with Gasteiger partial charge in [0.15, 0.2) is 37.9 Å². The van der Waals surface area contributed by atoms with Crippen LogP contribution in [0, 0.1) is 11.8 Å². The molecule has 2 heterocycles. The zero-order valence-electron chi connectivity index (χ0n) is 41.6. The molecule has 2 rings (SSSR count). The molecule has 0 N–H and O–H groups in total. The van der Waals surface area contributed by atoms with Crippen LogP contribution in [0.4, 0.5) is 0 Å². The highest BCUT2D eigenvalue weighted by molar-refractivity contribution is 4.82. The molecule has 0 fully saturated rings. The van der Waals surface area contributed by atoms with Crippen LogP contribution in [-0.4, -0.2) is 59.0 Å². The van der Waals surface area contributed by atoms with Gasteiger partial charge in [-0.2, -0.15) is 0 Å². The number of rotatable bonds is 45. The lowest BCUT2D eigenvalue weighted by molar-refractivity contribution is -0.703. The quantitative estimate of drug-likeness (QED) is 0.0378. The number of unbranched alkanes of at least 4 members (excludes halogenated alkanes) is 25. The zero-order valence-corrected chi connectivity index (χ0v) is 41.6. The van der Waals surface area contributed by atoms with E-state index in [0.29, 0.717) is 11.8 Å². The van der Waals surface area contributed by atoms with E-state index < -0.39 is 0 Å². The molecule has 0 aliphatic rings. The van der Waals surface area contributed by atoms with Crippen LogP contribution >= 0.6 is 0 Å². The second kappa shape index (κ2) is 42.5. The van der Waals surface area contributed by atoms with Crippen LogP contribution in [0.25, 0.3) is 0 Å². The first-order valence-electron chi connectivity index (χ1n) is 26.9. The smallest absolute Gasteiger partial charge is 0.187 e. The van der Waals surface area contributed by atoms with Crippen LogP contribution in [-0.2, 0) is 13.1 Å². The SMILES string of the molecule is CCCCCCCC/C=C\CCCCCCCCN(CCCCN(CCCCCCCC/C=C\CCCCCCCC)CC(C)C[n+]1ccncc1)CC(C)C[n+]1ccncc1. The summed E-state index contributed by atoms with van der Waals surface area (Å²) in [6, 6.07) is 0. The Hall–Kier alpha value is -2.44. The average molecular weight is 859 g/mol. The molecule has 6 heteroatoms. The van der Waals surface area contributed by atoms with E-state index in [0.717, 1.165) is 13.1 Å². The van der Waals surface area contributed by atoms with Gasteiger partial charge in [0.25, 0.3) is 0 Å². The molecule has 0 spiro atoms. The molecule has 0 aromatic carbocycles. The fourth-order valence-electron chi connectivity index (χ4n) is 9.08. The molecular formula is C56H102N6+2. The first-order valence-corrected chi connectivity index (χ1v) is 26.9. The van der Waals surface area contributed by atoms with Crippen LogP contribution in [0.15, 0.2) is 73.9 Å². The highest BCUT2D eigenvalue weighted by atomic mass is 15.1. The van der Waals surface area contributed by atoms with Crippen molar-refractivity contribution in [3.63, 3.8) is 0 Å². The molecule has 0 aliphatic heterocycles. The fraction of sp³-hybridized carbons (Fsp3) is 0.786. The van der Waals surface area contributed by atoms with Crippen molar-refractivity contribution in [3.8, 4) is 0 Å². The Morgan fingerprint density at radius 3 is 0.935 bits per heavy atom. The Bertz CT molecular complexity index is 1150. The van der Waals surface area contributed by atoms with Gasteiger partial charge in [-0.3, -0.25) is 9.97 Å². The maximum absolute atomic E-state index is 4.24. The van der Waals surface area contributed by atoms with Crippen molar-refractivity contribution >= 4 is 0 Å². The summed E-state index contributed by atoms with van der Waals surface area (Å²) in [5.41, 5.74) is 0. The number of nitrogens with zero attached hydrogens (tertiary/aromatic N) is 6. The number of aromatic nitrogens is 4. The Labute approximate surface area is 385 Å². The van der Waals surface area contributed by atoms with Gasteiger partial charge in [-0.25, -0.2) is 9.13 Å². The van der Waals surface area contributed by atoms with Crippen molar-refractivity contribution in [2.45, 2.75) is 233 Å². The maximum atomic E-state index is 4.24. The molecule has 0 amide bonds. The Morgan fingerprint density at radius 1 is 0.371 bits per heavy atom. The molecule has 0 aliphatic carbocycles. The van der Waals surface area contributed by atoms with Crippen LogP contribution in [0.2, 0.25) is 0 Å². The normalized spacial score (nSPS) is 13.1. The lowest BCUT2D eigenvalue weighted by atomic mass is 10.1. The second-order valence-corrected chi connectivity index (χ2v) is 19.3. The Morgan fingerprint density at radius 2 is 0.629 bits per heavy atom. The molecule has 0 radical (unpaired) electrons. The van der Waals surface area contributed by atoms with Crippen LogP contribution < -0.4 is 9.13 Å². The van der Waals surface area contributed by atoms with Gasteiger partial charge < -0.3 is 9.80 Å². The van der Waals surface area contributed by atoms with Crippen LogP contribution in [0.3, 0.4) is 0 Å². The lowest BCUT2D eigenvalue weighted by Crippen LogP contribution is -2.41. The first-order chi connectivity index (χ1) is 30.6. The minimum atomic E-state index is 0.617. The summed E-state index contributed by atoms with van der Waals surface area (Å²) in [5, 5.41) is 0. The standard InChI is InChI=1S/C56H102N6/c1-5-7-9-11-13-15-17-19-21-23-25-27-29-31-33-35-43-59(51-55(3)53-61-47-39-57-40-48-61)45-37-38-46-60(52-56(4)54-62-49-41-58-42-50-62)44-36-34-32-30-28-26-24-22-20-18-16-14-12-10-8-6-2/h19-22,39-42,47-50,55-56H,5-18,23-38,43-46,51-54H2,1-4H3/q+2/b21-19-,22-20-. The summed E-state index contributed by atoms with van der Waals surface area (Å²) >= 11 is 0. The van der Waals surface area contributed by atoms with Crippen molar-refractivity contribution < 1.29 is 9.13 Å². The predicted octanol–water partition coefficient (Wildman–Crippen LogP) is 14.5. The third-order valence-electron chi connectivity index (χ3n) is 12.7. The van der Waals surface area contributed by atoms with E-state index in [1.165, 1.54) is 232 Å². The first kappa shape index (κ1) is 55.7. The molecule has 0 saturated heterocycles. The van der Waals surface area contributed by atoms with E-state index in [9.17, 15) is 0 Å². The van der Waals surface area contributed by atoms with Crippen LogP contribution in [0.1, 0.15) is 220 Å². The Balaban J connectivity index is 1.72. The van der Waals surface area contributed by atoms with Crippen molar-refractivity contribution in [2.75, 3.05) is 39.3 Å². The van der Waals surface area contributed by atoms with Gasteiger partial charge in [0.2, 0.25) is 0 Å². The van der Waals surface area contributed by atoms with Gasteiger partial charge in [0.05, 0.1) is 24.8 Å². The summed E-state index contributed by atoms with van der Waals surface area (Å²) in [7, 11) is 0. The van der Waals surface area contributed by atoms with E-state index >= 15 is 0 Å². The summed E-state index contributed by atoms with van der Waals surface area (Å²) in [4.78, 5) is 14.1. The summed E-state index contributed by atoms with van der Waals surface area (Å²) in [5.74, 6) is 1.23. The van der Waals surface area contributed by atoms with Crippen molar-refractivity contribution in [1.82, 2.24) is 19.8 Å². The molecule has 2 unspecified atom stereocenters. The number of hydrogen-bond acceptors (Lipinski definition) is 4. The van der Waals surface area contributed by atoms with E-state index in [1.54, 1.807) is 0 Å². The number of hydrogen-bond donors (Lipinski definition) is 0. The van der Waals surface area contributed by atoms with E-state index in [4.69, 9.17) is 0 Å². The molecule has 2 aromatic rings. The highest BCUT2D eigenvalue weighted by Gasteiger charge is 2.17. The molecule has 2 atom stereocenters. The molecule has 0 saturated carbocycles. The lowest BCUT2D eigenvalue weighted by Gasteiger charge is -2.27. The number of allylic oxidation sites excluding steroid dienone is 4. The van der Waals surface area contributed by atoms with Crippen molar-refractivity contribution in [2.24, 2.45) is 11.8 Å². The van der Waals surface area contributed by atoms with Gasteiger partial charge in [0, 0.05) is 24.9 Å². The third-order valence-corrected chi connectivity index (χ3v) is 12.7.